The van der Waals surface area contributed by atoms with Crippen molar-refractivity contribution in [1.82, 2.24) is 9.80 Å². The van der Waals surface area contributed by atoms with Gasteiger partial charge in [-0.1, -0.05) is 6.07 Å². The molecule has 3 saturated heterocycles. The summed E-state index contributed by atoms with van der Waals surface area (Å²) in [6, 6.07) is 7.15. The molecule has 146 valence electrons. The molecule has 0 N–H and O–H groups in total. The maximum Gasteiger partial charge on any atom is 0.242 e. The maximum absolute atomic E-state index is 13.8. The highest BCUT2D eigenvalue weighted by atomic mass is 19.1. The molecule has 0 saturated carbocycles. The van der Waals surface area contributed by atoms with Crippen LogP contribution in [0.3, 0.4) is 0 Å². The van der Waals surface area contributed by atoms with Gasteiger partial charge in [0.2, 0.25) is 11.8 Å². The molecule has 3 aliphatic heterocycles. The van der Waals surface area contributed by atoms with Crippen molar-refractivity contribution in [1.29, 1.82) is 0 Å². The Morgan fingerprint density at radius 3 is 2.81 bits per heavy atom. The molecule has 0 aromatic heterocycles. The van der Waals surface area contributed by atoms with Gasteiger partial charge in [-0.3, -0.25) is 9.59 Å². The van der Waals surface area contributed by atoms with Crippen LogP contribution in [0.25, 0.3) is 0 Å². The number of benzene rings is 1. The highest BCUT2D eigenvalue weighted by Gasteiger charge is 2.48. The molecule has 0 radical (unpaired) electrons. The number of fused-ring (bicyclic) bond motifs is 1. The number of likely N-dealkylation sites (tertiary alicyclic amines) is 2. The first kappa shape index (κ1) is 18.3. The Labute approximate surface area is 160 Å². The van der Waals surface area contributed by atoms with Crippen LogP contribution in [0.2, 0.25) is 0 Å². The number of hydrogen-bond acceptors (Lipinski definition) is 3. The minimum Gasteiger partial charge on any atom is -0.363 e. The molecule has 0 unspecified atom stereocenters. The maximum atomic E-state index is 13.8. The SMILES string of the molecule is CC1(C)C[C@@H]2CN(C(=O)CN3CCCC3=O)CC[C@@H]2N1c1cccc(F)c1. The Balaban J connectivity index is 1.46. The number of rotatable bonds is 3. The summed E-state index contributed by atoms with van der Waals surface area (Å²) >= 11 is 0. The van der Waals surface area contributed by atoms with Gasteiger partial charge >= 0.3 is 0 Å². The summed E-state index contributed by atoms with van der Waals surface area (Å²) in [5.74, 6) is 0.313. The minimum absolute atomic E-state index is 0.0608. The molecule has 3 heterocycles. The minimum atomic E-state index is -0.213. The normalized spacial score (nSPS) is 27.2. The molecule has 2 atom stereocenters. The largest absolute Gasteiger partial charge is 0.363 e. The lowest BCUT2D eigenvalue weighted by Crippen LogP contribution is -2.52. The molecule has 2 amide bonds. The predicted molar refractivity (Wildman–Crippen MR) is 102 cm³/mol. The van der Waals surface area contributed by atoms with Gasteiger partial charge < -0.3 is 14.7 Å². The van der Waals surface area contributed by atoms with Crippen LogP contribution in [0, 0.1) is 11.7 Å². The third kappa shape index (κ3) is 3.42. The molecule has 0 bridgehead atoms. The van der Waals surface area contributed by atoms with E-state index in [0.29, 0.717) is 31.5 Å². The molecule has 0 aliphatic carbocycles. The Kier molecular flexibility index (Phi) is 4.60. The van der Waals surface area contributed by atoms with Crippen LogP contribution in [0.1, 0.15) is 39.5 Å². The molecule has 0 spiro atoms. The Hall–Kier alpha value is -2.11. The molecular weight excluding hydrogens is 345 g/mol. The van der Waals surface area contributed by atoms with Crippen LogP contribution in [0.15, 0.2) is 24.3 Å². The third-order valence-electron chi connectivity index (χ3n) is 6.38. The number of halogens is 1. The average Bonchev–Trinajstić information content (AvgIpc) is 3.12. The van der Waals surface area contributed by atoms with E-state index in [2.05, 4.69) is 18.7 Å². The molecule has 3 aliphatic rings. The number of carbonyl (C=O) groups excluding carboxylic acids is 2. The standard InChI is InChI=1S/C21H28FN3O2/c1-21(2)12-15-13-24(20(27)14-23-9-4-7-19(23)26)10-8-18(15)25(21)17-6-3-5-16(22)11-17/h3,5-6,11,15,18H,4,7-10,12-14H2,1-2H3/t15-,18+/m1/s1. The van der Waals surface area contributed by atoms with E-state index in [1.54, 1.807) is 17.0 Å². The van der Waals surface area contributed by atoms with Crippen LogP contribution in [0.5, 0.6) is 0 Å². The molecule has 1 aromatic carbocycles. The molecule has 1 aromatic rings. The average molecular weight is 373 g/mol. The van der Waals surface area contributed by atoms with Crippen molar-refractivity contribution < 1.29 is 14.0 Å². The summed E-state index contributed by atoms with van der Waals surface area (Å²) in [4.78, 5) is 30.5. The smallest absolute Gasteiger partial charge is 0.242 e. The number of anilines is 1. The van der Waals surface area contributed by atoms with Gasteiger partial charge in [0.15, 0.2) is 0 Å². The summed E-state index contributed by atoms with van der Waals surface area (Å²) in [7, 11) is 0. The topological polar surface area (TPSA) is 43.9 Å². The van der Waals surface area contributed by atoms with Crippen molar-refractivity contribution in [3.05, 3.63) is 30.1 Å². The van der Waals surface area contributed by atoms with Gasteiger partial charge in [0, 0.05) is 43.3 Å². The fourth-order valence-electron chi connectivity index (χ4n) is 5.28. The molecule has 4 rings (SSSR count). The molecule has 27 heavy (non-hydrogen) atoms. The van der Waals surface area contributed by atoms with Gasteiger partial charge in [-0.05, 0) is 57.2 Å². The Bertz CT molecular complexity index is 751. The summed E-state index contributed by atoms with van der Waals surface area (Å²) in [5.41, 5.74) is 0.850. The highest BCUT2D eigenvalue weighted by Crippen LogP contribution is 2.44. The van der Waals surface area contributed by atoms with Crippen molar-refractivity contribution in [3.63, 3.8) is 0 Å². The van der Waals surface area contributed by atoms with Crippen molar-refractivity contribution in [2.75, 3.05) is 31.1 Å². The zero-order chi connectivity index (χ0) is 19.2. The first-order chi connectivity index (χ1) is 12.8. The number of amides is 2. The van der Waals surface area contributed by atoms with Crippen LogP contribution in [0.4, 0.5) is 10.1 Å². The van der Waals surface area contributed by atoms with E-state index >= 15 is 0 Å². The lowest BCUT2D eigenvalue weighted by Gasteiger charge is -2.42. The lowest BCUT2D eigenvalue weighted by molar-refractivity contribution is -0.139. The third-order valence-corrected chi connectivity index (χ3v) is 6.38. The van der Waals surface area contributed by atoms with Crippen LogP contribution in [-0.2, 0) is 9.59 Å². The molecular formula is C21H28FN3O2. The van der Waals surface area contributed by atoms with Crippen molar-refractivity contribution >= 4 is 17.5 Å². The van der Waals surface area contributed by atoms with E-state index in [4.69, 9.17) is 0 Å². The molecule has 5 nitrogen and oxygen atoms in total. The van der Waals surface area contributed by atoms with Gasteiger partial charge in [0.25, 0.3) is 0 Å². The first-order valence-corrected chi connectivity index (χ1v) is 9.95. The second-order valence-corrected chi connectivity index (χ2v) is 8.74. The van der Waals surface area contributed by atoms with Crippen LogP contribution in [-0.4, -0.2) is 59.4 Å². The van der Waals surface area contributed by atoms with Crippen LogP contribution >= 0.6 is 0 Å². The Morgan fingerprint density at radius 1 is 1.30 bits per heavy atom. The van der Waals surface area contributed by atoms with Gasteiger partial charge in [0.05, 0.1) is 6.54 Å². The fourth-order valence-corrected chi connectivity index (χ4v) is 5.28. The van der Waals surface area contributed by atoms with E-state index in [9.17, 15) is 14.0 Å². The summed E-state index contributed by atoms with van der Waals surface area (Å²) < 4.78 is 13.8. The zero-order valence-electron chi connectivity index (χ0n) is 16.2. The van der Waals surface area contributed by atoms with Crippen molar-refractivity contribution in [2.24, 2.45) is 5.92 Å². The van der Waals surface area contributed by atoms with Gasteiger partial charge in [-0.25, -0.2) is 4.39 Å². The summed E-state index contributed by atoms with van der Waals surface area (Å²) in [6.45, 7) is 6.74. The van der Waals surface area contributed by atoms with Crippen molar-refractivity contribution in [2.45, 2.75) is 51.1 Å². The first-order valence-electron chi connectivity index (χ1n) is 9.95. The fraction of sp³-hybridized carbons (Fsp3) is 0.619. The number of carbonyl (C=O) groups is 2. The van der Waals surface area contributed by atoms with Gasteiger partial charge in [-0.2, -0.15) is 0 Å². The summed E-state index contributed by atoms with van der Waals surface area (Å²) in [5, 5.41) is 0. The lowest BCUT2D eigenvalue weighted by atomic mass is 9.89. The van der Waals surface area contributed by atoms with E-state index in [-0.39, 0.29) is 29.7 Å². The molecule has 6 heteroatoms. The second-order valence-electron chi connectivity index (χ2n) is 8.74. The number of piperidine rings is 1. The number of nitrogens with zero attached hydrogens (tertiary/aromatic N) is 3. The monoisotopic (exact) mass is 373 g/mol. The van der Waals surface area contributed by atoms with Crippen molar-refractivity contribution in [3.8, 4) is 0 Å². The van der Waals surface area contributed by atoms with Gasteiger partial charge in [-0.15, -0.1) is 0 Å². The second kappa shape index (κ2) is 6.80. The van der Waals surface area contributed by atoms with Crippen LogP contribution < -0.4 is 4.90 Å². The van der Waals surface area contributed by atoms with Gasteiger partial charge in [0.1, 0.15) is 5.82 Å². The van der Waals surface area contributed by atoms with E-state index in [0.717, 1.165) is 31.5 Å². The van der Waals surface area contributed by atoms with E-state index in [1.165, 1.54) is 6.07 Å². The zero-order valence-corrected chi connectivity index (χ0v) is 16.2. The quantitative estimate of drug-likeness (QED) is 0.818. The highest BCUT2D eigenvalue weighted by molar-refractivity contribution is 5.86. The number of hydrogen-bond donors (Lipinski definition) is 0. The van der Waals surface area contributed by atoms with E-state index in [1.807, 2.05) is 11.0 Å². The Morgan fingerprint density at radius 2 is 2.11 bits per heavy atom. The molecule has 3 fully saturated rings. The summed E-state index contributed by atoms with van der Waals surface area (Å²) in [6.07, 6.45) is 3.27. The van der Waals surface area contributed by atoms with E-state index < -0.39 is 0 Å². The predicted octanol–water partition coefficient (Wildman–Crippen LogP) is 2.65.